The summed E-state index contributed by atoms with van der Waals surface area (Å²) in [5.41, 5.74) is 5.42. The van der Waals surface area contributed by atoms with Gasteiger partial charge in [0, 0.05) is 38.4 Å². The average molecular weight is 1130 g/mol. The van der Waals surface area contributed by atoms with Crippen LogP contribution in [0.3, 0.4) is 0 Å². The highest BCUT2D eigenvalue weighted by atomic mass is 19.4. The van der Waals surface area contributed by atoms with Gasteiger partial charge in [-0.15, -0.1) is 0 Å². The number of benzene rings is 11. The first kappa shape index (κ1) is 53.4. The van der Waals surface area contributed by atoms with Crippen molar-refractivity contribution in [1.29, 1.82) is 26.3 Å². The molecule has 0 aliphatic rings. The van der Waals surface area contributed by atoms with Gasteiger partial charge in [0.2, 0.25) is 0 Å². The molecule has 0 aliphatic heterocycles. The van der Waals surface area contributed by atoms with Crippen LogP contribution in [0.2, 0.25) is 0 Å². The molecule has 0 N–H and O–H groups in total. The summed E-state index contributed by atoms with van der Waals surface area (Å²) in [6, 6.07) is 73.1. The number of alkyl halides is 6. The van der Waals surface area contributed by atoms with E-state index in [-0.39, 0.29) is 16.7 Å². The van der Waals surface area contributed by atoms with Crippen molar-refractivity contribution in [3.05, 3.63) is 263 Å². The van der Waals surface area contributed by atoms with Crippen LogP contribution >= 0.6 is 0 Å². The lowest BCUT2D eigenvalue weighted by molar-refractivity contribution is -0.142. The second-order valence-corrected chi connectivity index (χ2v) is 20.5. The van der Waals surface area contributed by atoms with E-state index < -0.39 is 34.6 Å². The monoisotopic (exact) mass is 1130 g/mol. The summed E-state index contributed by atoms with van der Waals surface area (Å²) in [5, 5.41) is 54.2. The first-order chi connectivity index (χ1) is 41.7. The van der Waals surface area contributed by atoms with Gasteiger partial charge in [-0.05, 0) is 171 Å². The first-order valence-corrected chi connectivity index (χ1v) is 26.8. The number of nitriles is 5. The quantitative estimate of drug-likeness (QED) is 0.140. The second-order valence-electron chi connectivity index (χ2n) is 20.5. The van der Waals surface area contributed by atoms with Crippen molar-refractivity contribution in [3.8, 4) is 108 Å². The molecule has 0 fully saturated rings. The molecule has 0 saturated heterocycles. The van der Waals surface area contributed by atoms with Crippen LogP contribution in [-0.2, 0) is 12.4 Å². The van der Waals surface area contributed by atoms with Gasteiger partial charge in [-0.3, -0.25) is 0 Å². The Balaban J connectivity index is 1.15. The van der Waals surface area contributed by atoms with E-state index in [1.54, 1.807) is 60.7 Å². The Labute approximate surface area is 487 Å². The molecule has 13 rings (SSSR count). The smallest absolute Gasteiger partial charge is 0.309 e. The molecule has 13 aromatic rings. The summed E-state index contributed by atoms with van der Waals surface area (Å²) in [5.74, 6) is 0. The largest absolute Gasteiger partial charge is 0.417 e. The van der Waals surface area contributed by atoms with E-state index >= 15 is 26.3 Å². The van der Waals surface area contributed by atoms with Crippen LogP contribution in [0.5, 0.6) is 0 Å². The maximum atomic E-state index is 15.6. The highest BCUT2D eigenvalue weighted by Gasteiger charge is 2.42. The predicted octanol–water partition coefficient (Wildman–Crippen LogP) is 19.3. The number of hydrogen-bond acceptors (Lipinski definition) is 5. The van der Waals surface area contributed by atoms with Gasteiger partial charge in [-0.1, -0.05) is 109 Å². The summed E-state index contributed by atoms with van der Waals surface area (Å²) >= 11 is 0. The fourth-order valence-corrected chi connectivity index (χ4v) is 12.0. The molecule has 0 atom stereocenters. The van der Waals surface area contributed by atoms with Crippen LogP contribution in [0.1, 0.15) is 38.9 Å². The number of aromatic nitrogens is 2. The van der Waals surface area contributed by atoms with E-state index in [9.17, 15) is 26.3 Å². The van der Waals surface area contributed by atoms with Crippen molar-refractivity contribution in [2.45, 2.75) is 12.4 Å². The van der Waals surface area contributed by atoms with E-state index in [4.69, 9.17) is 0 Å². The topological polar surface area (TPSA) is 129 Å². The van der Waals surface area contributed by atoms with Crippen LogP contribution in [0.25, 0.3) is 122 Å². The van der Waals surface area contributed by atoms with Crippen molar-refractivity contribution in [2.75, 3.05) is 0 Å². The number of halogens is 6. The highest BCUT2D eigenvalue weighted by Crippen LogP contribution is 2.50. The number of hydrogen-bond donors (Lipinski definition) is 0. The zero-order valence-electron chi connectivity index (χ0n) is 44.8. The first-order valence-electron chi connectivity index (χ1n) is 26.8. The van der Waals surface area contributed by atoms with E-state index in [0.717, 1.165) is 6.07 Å². The minimum absolute atomic E-state index is 0.0547. The molecular weight excluding hydrogens is 1090 g/mol. The molecule has 2 heterocycles. The van der Waals surface area contributed by atoms with Gasteiger partial charge in [0.1, 0.15) is 0 Å². The van der Waals surface area contributed by atoms with Gasteiger partial charge < -0.3 is 9.13 Å². The van der Waals surface area contributed by atoms with Gasteiger partial charge in [0.15, 0.2) is 0 Å². The molecule has 13 heteroatoms. The fourth-order valence-electron chi connectivity index (χ4n) is 12.0. The Morgan fingerprint density at radius 2 is 0.663 bits per heavy atom. The number of rotatable bonds is 8. The van der Waals surface area contributed by atoms with Crippen molar-refractivity contribution < 1.29 is 26.3 Å². The second kappa shape index (κ2) is 20.8. The van der Waals surface area contributed by atoms with Crippen LogP contribution < -0.4 is 0 Å². The molecule has 0 bridgehead atoms. The lowest BCUT2D eigenvalue weighted by Gasteiger charge is -2.23. The summed E-state index contributed by atoms with van der Waals surface area (Å²) in [6.45, 7) is 0. The van der Waals surface area contributed by atoms with Crippen LogP contribution in [0.15, 0.2) is 224 Å². The third-order valence-electron chi connectivity index (χ3n) is 15.8. The summed E-state index contributed by atoms with van der Waals surface area (Å²) < 4.78 is 97.2. The van der Waals surface area contributed by atoms with Crippen LogP contribution in [0.4, 0.5) is 26.3 Å². The summed E-state index contributed by atoms with van der Waals surface area (Å²) in [7, 11) is 0. The van der Waals surface area contributed by atoms with Gasteiger partial charge in [0.05, 0.1) is 97.0 Å². The maximum absolute atomic E-state index is 15.6. The number of nitrogens with zero attached hydrogens (tertiary/aromatic N) is 7. The molecular formula is C73H37F6N7. The summed E-state index contributed by atoms with van der Waals surface area (Å²) in [4.78, 5) is 0. The maximum Gasteiger partial charge on any atom is 0.417 e. The Morgan fingerprint density at radius 1 is 0.291 bits per heavy atom. The van der Waals surface area contributed by atoms with Crippen LogP contribution in [0, 0.1) is 56.7 Å². The van der Waals surface area contributed by atoms with Crippen molar-refractivity contribution in [1.82, 2.24) is 9.13 Å². The average Bonchev–Trinajstić information content (AvgIpc) is 1.57. The van der Waals surface area contributed by atoms with Crippen molar-refractivity contribution in [2.24, 2.45) is 0 Å². The third-order valence-corrected chi connectivity index (χ3v) is 15.8. The van der Waals surface area contributed by atoms with E-state index in [1.807, 2.05) is 130 Å². The Morgan fingerprint density at radius 3 is 1.02 bits per heavy atom. The van der Waals surface area contributed by atoms with Gasteiger partial charge in [-0.25, -0.2) is 0 Å². The molecule has 0 aliphatic carbocycles. The van der Waals surface area contributed by atoms with Gasteiger partial charge in [0.25, 0.3) is 0 Å². The molecule has 0 spiro atoms. The SMILES string of the molecule is N#Cc1ccc(-n2c3ccc(-c4ccccc4C#N)cc3c3cc(-c4ccccc4C#N)ccc32)c(-c2cc(-n3c4ccc(-c5ccccc5C#N)cc4c4cc(-c5ccccc5C#N)ccc43)ccc2-c2c(C(F)(F)F)cccc2C(F)(F)F)c1. The normalized spacial score (nSPS) is 11.5. The molecule has 0 saturated carbocycles. The third kappa shape index (κ3) is 8.91. The minimum Gasteiger partial charge on any atom is -0.309 e. The van der Waals surface area contributed by atoms with E-state index in [0.29, 0.717) is 134 Å². The molecule has 0 radical (unpaired) electrons. The fraction of sp³-hybridized carbons (Fsp3) is 0.0274. The predicted molar refractivity (Wildman–Crippen MR) is 321 cm³/mol. The van der Waals surface area contributed by atoms with E-state index in [2.05, 4.69) is 30.3 Å². The Hall–Kier alpha value is -12.0. The van der Waals surface area contributed by atoms with Crippen LogP contribution in [-0.4, -0.2) is 9.13 Å². The lowest BCUT2D eigenvalue weighted by atomic mass is 9.86. The zero-order chi connectivity index (χ0) is 59.6. The van der Waals surface area contributed by atoms with E-state index in [1.165, 1.54) is 24.3 Å². The Bertz CT molecular complexity index is 4980. The number of fused-ring (bicyclic) bond motifs is 6. The minimum atomic E-state index is -5.28. The van der Waals surface area contributed by atoms with Gasteiger partial charge in [-0.2, -0.15) is 52.7 Å². The molecule has 86 heavy (non-hydrogen) atoms. The standard InChI is InChI=1S/C73H37F6N7/c74-72(75,76)64-18-9-19-65(73(77,78)79)71(64)57-26-25-52(85-66-28-21-44(53-14-5-1-10-48(53)39-81)33-60(66)61-34-45(22-29-67(61)85)54-15-6-2-11-49(54)40-82)37-58(57)59-32-43(38-80)20-27-68(59)86-69-30-23-46(55-16-7-3-12-50(55)41-83)35-62(69)63-36-47(24-31-70(63)86)56-17-8-4-13-51(56)42-84/h1-37H. The molecule has 406 valence electrons. The molecule has 7 nitrogen and oxygen atoms in total. The lowest BCUT2D eigenvalue weighted by Crippen LogP contribution is -2.14. The van der Waals surface area contributed by atoms with Crippen molar-refractivity contribution in [3.63, 3.8) is 0 Å². The highest BCUT2D eigenvalue weighted by molar-refractivity contribution is 6.14. The molecule has 2 aromatic heterocycles. The zero-order valence-corrected chi connectivity index (χ0v) is 44.8. The molecule has 0 amide bonds. The van der Waals surface area contributed by atoms with Gasteiger partial charge >= 0.3 is 12.4 Å². The molecule has 11 aromatic carbocycles. The van der Waals surface area contributed by atoms with Crippen molar-refractivity contribution >= 4 is 43.6 Å². The Kier molecular flexibility index (Phi) is 12.9. The summed E-state index contributed by atoms with van der Waals surface area (Å²) in [6.07, 6.45) is -10.6. The molecule has 0 unspecified atom stereocenters.